The van der Waals surface area contributed by atoms with Gasteiger partial charge in [0.05, 0.1) is 16.4 Å². The minimum absolute atomic E-state index is 0.0653. The summed E-state index contributed by atoms with van der Waals surface area (Å²) in [6.45, 7) is 1.94. The average molecular weight is 481 g/mol. The van der Waals surface area contributed by atoms with Gasteiger partial charge in [0.25, 0.3) is 0 Å². The van der Waals surface area contributed by atoms with Crippen LogP contribution in [0.4, 0.5) is 0 Å². The molecule has 1 aliphatic carbocycles. The number of furan rings is 1. The third kappa shape index (κ3) is 4.62. The second-order valence-electron chi connectivity index (χ2n) is 8.78. The van der Waals surface area contributed by atoms with Gasteiger partial charge >= 0.3 is 0 Å². The minimum atomic E-state index is -3.91. The first kappa shape index (κ1) is 23.0. The molecule has 2 aliphatic rings. The highest BCUT2D eigenvalue weighted by atomic mass is 32.2. The summed E-state index contributed by atoms with van der Waals surface area (Å²) < 4.78 is 59.3. The Labute approximate surface area is 189 Å². The predicted octanol–water partition coefficient (Wildman–Crippen LogP) is 2.40. The van der Waals surface area contributed by atoms with Gasteiger partial charge in [-0.2, -0.15) is 4.72 Å². The number of hydrogen-bond donors (Lipinski definition) is 1. The van der Waals surface area contributed by atoms with Crippen LogP contribution in [0.3, 0.4) is 0 Å². The number of benzene rings is 1. The highest BCUT2D eigenvalue weighted by Gasteiger charge is 2.50. The minimum Gasteiger partial charge on any atom is -0.468 e. The number of nitrogens with one attached hydrogen (secondary N) is 1. The number of likely N-dealkylation sites (tertiary alicyclic amines) is 1. The zero-order chi connectivity index (χ0) is 23.0. The van der Waals surface area contributed by atoms with Crippen molar-refractivity contribution in [3.05, 3.63) is 54.0 Å². The van der Waals surface area contributed by atoms with E-state index in [4.69, 9.17) is 4.42 Å². The largest absolute Gasteiger partial charge is 0.468 e. The lowest BCUT2D eigenvalue weighted by atomic mass is 9.81. The Kier molecular flexibility index (Phi) is 6.21. The molecule has 0 atom stereocenters. The molecule has 1 aliphatic heterocycles. The topological polar surface area (TPSA) is 114 Å². The van der Waals surface area contributed by atoms with Crippen LogP contribution >= 0.6 is 0 Å². The fraction of sp³-hybridized carbons (Fsp3) is 0.500. The van der Waals surface area contributed by atoms with Gasteiger partial charge in [0, 0.05) is 13.1 Å². The van der Waals surface area contributed by atoms with Crippen LogP contribution in [0.5, 0.6) is 0 Å². The zero-order valence-corrected chi connectivity index (χ0v) is 19.6. The van der Waals surface area contributed by atoms with Crippen LogP contribution < -0.4 is 4.72 Å². The number of sulfone groups is 1. The van der Waals surface area contributed by atoms with Crippen molar-refractivity contribution in [2.24, 2.45) is 0 Å². The van der Waals surface area contributed by atoms with Crippen LogP contribution in [0.1, 0.15) is 43.4 Å². The molecule has 32 heavy (non-hydrogen) atoms. The Hall–Kier alpha value is -2.17. The fourth-order valence-corrected chi connectivity index (χ4v) is 7.59. The first-order valence-electron chi connectivity index (χ1n) is 10.8. The number of nitrogens with zero attached hydrogens (tertiary/aromatic N) is 1. The molecule has 1 aromatic heterocycles. The molecule has 0 unspecified atom stereocenters. The number of carbonyl (C=O) groups excluding carboxylic acids is 1. The van der Waals surface area contributed by atoms with Gasteiger partial charge in [-0.3, -0.25) is 4.79 Å². The number of carbonyl (C=O) groups is 1. The van der Waals surface area contributed by atoms with Crippen LogP contribution in [-0.2, 0) is 30.4 Å². The van der Waals surface area contributed by atoms with Gasteiger partial charge in [-0.05, 0) is 49.6 Å². The van der Waals surface area contributed by atoms with E-state index < -0.39 is 30.6 Å². The lowest BCUT2D eigenvalue weighted by molar-refractivity contribution is -0.142. The van der Waals surface area contributed by atoms with E-state index in [-0.39, 0.29) is 29.6 Å². The molecule has 2 heterocycles. The highest BCUT2D eigenvalue weighted by Crippen LogP contribution is 2.34. The summed E-state index contributed by atoms with van der Waals surface area (Å²) in [4.78, 5) is 15.0. The second kappa shape index (κ2) is 8.64. The Balaban J connectivity index is 1.49. The molecule has 1 N–H and O–H groups in total. The average Bonchev–Trinajstić information content (AvgIpc) is 3.19. The molecule has 0 spiro atoms. The highest BCUT2D eigenvalue weighted by molar-refractivity contribution is 7.91. The maximum absolute atomic E-state index is 13.5. The van der Waals surface area contributed by atoms with Crippen molar-refractivity contribution in [2.75, 3.05) is 13.1 Å². The maximum atomic E-state index is 13.5. The van der Waals surface area contributed by atoms with E-state index in [0.717, 1.165) is 24.8 Å². The molecule has 8 nitrogen and oxygen atoms in total. The van der Waals surface area contributed by atoms with Crippen molar-refractivity contribution < 1.29 is 26.0 Å². The van der Waals surface area contributed by atoms with E-state index in [1.807, 2.05) is 13.0 Å². The second-order valence-corrected chi connectivity index (χ2v) is 12.7. The van der Waals surface area contributed by atoms with Crippen molar-refractivity contribution in [1.82, 2.24) is 9.62 Å². The fourth-order valence-electron chi connectivity index (χ4n) is 4.46. The summed E-state index contributed by atoms with van der Waals surface area (Å²) in [5.41, 5.74) is -0.430. The predicted molar refractivity (Wildman–Crippen MR) is 119 cm³/mol. The Morgan fingerprint density at radius 1 is 1.09 bits per heavy atom. The van der Waals surface area contributed by atoms with Crippen LogP contribution in [-0.4, -0.2) is 51.5 Å². The molecule has 10 heteroatoms. The molecule has 0 bridgehead atoms. The monoisotopic (exact) mass is 480 g/mol. The van der Waals surface area contributed by atoms with Crippen LogP contribution in [0.2, 0.25) is 0 Å². The van der Waals surface area contributed by atoms with Crippen molar-refractivity contribution >= 4 is 25.8 Å². The van der Waals surface area contributed by atoms with Gasteiger partial charge in [-0.25, -0.2) is 16.8 Å². The van der Waals surface area contributed by atoms with E-state index in [1.54, 1.807) is 24.3 Å². The molecule has 0 radical (unpaired) electrons. The summed E-state index contributed by atoms with van der Waals surface area (Å²) in [7, 11) is -7.38. The Bertz CT molecular complexity index is 1180. The van der Waals surface area contributed by atoms with E-state index in [2.05, 4.69) is 4.72 Å². The molecule has 1 saturated heterocycles. The molecule has 1 saturated carbocycles. The van der Waals surface area contributed by atoms with Crippen molar-refractivity contribution in [3.8, 4) is 0 Å². The third-order valence-electron chi connectivity index (χ3n) is 6.31. The summed E-state index contributed by atoms with van der Waals surface area (Å²) in [6.07, 6.45) is 4.62. The zero-order valence-electron chi connectivity index (χ0n) is 18.0. The van der Waals surface area contributed by atoms with Crippen molar-refractivity contribution in [2.45, 2.75) is 60.5 Å². The molecular formula is C22H28N2O6S2. The summed E-state index contributed by atoms with van der Waals surface area (Å²) in [6, 6.07) is 9.80. The normalized spacial score (nSPS) is 19.5. The van der Waals surface area contributed by atoms with Crippen LogP contribution in [0, 0.1) is 6.92 Å². The molecule has 1 amide bonds. The standard InChI is InChI=1S/C22H28N2O6S2/c1-17-7-5-9-19(13-17)32(28,29)23-22(10-3-2-4-11-22)21(25)24-14-20(15-24)31(26,27)16-18-8-6-12-30-18/h5-9,12-13,20,23H,2-4,10-11,14-16H2,1H3. The molecule has 2 aromatic rings. The van der Waals surface area contributed by atoms with Gasteiger partial charge < -0.3 is 9.32 Å². The lowest BCUT2D eigenvalue weighted by Gasteiger charge is -2.46. The molecule has 4 rings (SSSR count). The van der Waals surface area contributed by atoms with Crippen LogP contribution in [0.25, 0.3) is 0 Å². The number of amides is 1. The van der Waals surface area contributed by atoms with E-state index in [1.165, 1.54) is 17.2 Å². The number of rotatable bonds is 7. The number of aryl methyl sites for hydroxylation is 1. The molecule has 1 aromatic carbocycles. The first-order valence-corrected chi connectivity index (χ1v) is 14.0. The maximum Gasteiger partial charge on any atom is 0.243 e. The Morgan fingerprint density at radius 3 is 2.44 bits per heavy atom. The Morgan fingerprint density at radius 2 is 1.81 bits per heavy atom. The first-order chi connectivity index (χ1) is 15.1. The molecule has 2 fully saturated rings. The van der Waals surface area contributed by atoms with Crippen molar-refractivity contribution in [3.63, 3.8) is 0 Å². The lowest BCUT2D eigenvalue weighted by Crippen LogP contribution is -2.67. The van der Waals surface area contributed by atoms with E-state index in [0.29, 0.717) is 18.6 Å². The van der Waals surface area contributed by atoms with E-state index in [9.17, 15) is 21.6 Å². The quantitative estimate of drug-likeness (QED) is 0.651. The van der Waals surface area contributed by atoms with Gasteiger partial charge in [0.15, 0.2) is 9.84 Å². The van der Waals surface area contributed by atoms with Crippen molar-refractivity contribution in [1.29, 1.82) is 0 Å². The van der Waals surface area contributed by atoms with Gasteiger partial charge in [-0.15, -0.1) is 0 Å². The van der Waals surface area contributed by atoms with Gasteiger partial charge in [-0.1, -0.05) is 31.4 Å². The third-order valence-corrected chi connectivity index (χ3v) is 9.85. The smallest absolute Gasteiger partial charge is 0.243 e. The molecular weight excluding hydrogens is 452 g/mol. The SMILES string of the molecule is Cc1cccc(S(=O)(=O)NC2(C(=O)N3CC(S(=O)(=O)Cc4ccco4)C3)CCCCC2)c1. The van der Waals surface area contributed by atoms with Gasteiger partial charge in [0.1, 0.15) is 17.1 Å². The molecule has 174 valence electrons. The van der Waals surface area contributed by atoms with Crippen LogP contribution in [0.15, 0.2) is 52.0 Å². The summed E-state index contributed by atoms with van der Waals surface area (Å²) >= 11 is 0. The number of sulfonamides is 1. The number of hydrogen-bond acceptors (Lipinski definition) is 6. The summed E-state index contributed by atoms with van der Waals surface area (Å²) in [5.74, 6) is -0.181. The van der Waals surface area contributed by atoms with Gasteiger partial charge in [0.2, 0.25) is 15.9 Å². The summed E-state index contributed by atoms with van der Waals surface area (Å²) in [5, 5.41) is -0.675. The van der Waals surface area contributed by atoms with E-state index >= 15 is 0 Å².